The number of carbonyl (C=O) groups is 2. The van der Waals surface area contributed by atoms with E-state index < -0.39 is 23.5 Å². The maximum Gasteiger partial charge on any atom is 0.454 e. The number of carbonyl (C=O) groups excluding carboxylic acids is 1. The summed E-state index contributed by atoms with van der Waals surface area (Å²) in [4.78, 5) is 27.6. The highest BCUT2D eigenvalue weighted by molar-refractivity contribution is 6.12. The third-order valence-electron chi connectivity index (χ3n) is 5.45. The molecule has 2 heterocycles. The standard InChI is InChI=1S/C25H21F3N2O5/c1-15-18(29-24(35-15)16-6-3-2-4-7-16)11-13-34-20-9-5-8-19-22(20)17(23(33)25(26,27)28)14-30(19)12-10-21(31)32/h2-9,14H,10-13H2,1H3,(H,31,32). The van der Waals surface area contributed by atoms with Crippen molar-refractivity contribution in [1.82, 2.24) is 9.55 Å². The number of aromatic nitrogens is 2. The first-order valence-corrected chi connectivity index (χ1v) is 10.7. The fourth-order valence-electron chi connectivity index (χ4n) is 3.79. The van der Waals surface area contributed by atoms with Crippen LogP contribution in [0.2, 0.25) is 0 Å². The smallest absolute Gasteiger partial charge is 0.454 e. The van der Waals surface area contributed by atoms with Gasteiger partial charge in [-0.05, 0) is 31.2 Å². The second-order valence-electron chi connectivity index (χ2n) is 7.84. The number of rotatable bonds is 9. The first-order valence-electron chi connectivity index (χ1n) is 10.7. The molecule has 0 aliphatic rings. The van der Waals surface area contributed by atoms with Crippen LogP contribution in [0.5, 0.6) is 5.75 Å². The molecule has 0 fully saturated rings. The predicted molar refractivity (Wildman–Crippen MR) is 120 cm³/mol. The maximum absolute atomic E-state index is 13.3. The Labute approximate surface area is 197 Å². The molecule has 0 saturated carbocycles. The number of ketones is 1. The van der Waals surface area contributed by atoms with Gasteiger partial charge in [-0.3, -0.25) is 9.59 Å². The lowest BCUT2D eigenvalue weighted by molar-refractivity contribution is -0.137. The average Bonchev–Trinajstić information content (AvgIpc) is 3.38. The van der Waals surface area contributed by atoms with E-state index in [1.54, 1.807) is 13.0 Å². The van der Waals surface area contributed by atoms with Gasteiger partial charge in [-0.1, -0.05) is 24.3 Å². The van der Waals surface area contributed by atoms with E-state index in [-0.39, 0.29) is 36.2 Å². The van der Waals surface area contributed by atoms with Gasteiger partial charge in [0.05, 0.1) is 35.2 Å². The molecule has 182 valence electrons. The molecule has 0 spiro atoms. The summed E-state index contributed by atoms with van der Waals surface area (Å²) in [5.74, 6) is -1.99. The van der Waals surface area contributed by atoms with Crippen LogP contribution in [0.1, 0.15) is 28.2 Å². The summed E-state index contributed by atoms with van der Waals surface area (Å²) in [7, 11) is 0. The number of hydrogen-bond acceptors (Lipinski definition) is 5. The zero-order chi connectivity index (χ0) is 25.2. The molecular weight excluding hydrogens is 465 g/mol. The molecule has 2 aromatic carbocycles. The summed E-state index contributed by atoms with van der Waals surface area (Å²) in [6, 6.07) is 13.9. The van der Waals surface area contributed by atoms with Crippen molar-refractivity contribution in [2.24, 2.45) is 0 Å². The van der Waals surface area contributed by atoms with Gasteiger partial charge in [-0.2, -0.15) is 13.2 Å². The SMILES string of the molecule is Cc1oc(-c2ccccc2)nc1CCOc1cccc2c1c(C(=O)C(F)(F)F)cn2CCC(=O)O. The molecule has 7 nitrogen and oxygen atoms in total. The minimum absolute atomic E-state index is 0.0120. The van der Waals surface area contributed by atoms with Crippen LogP contribution in [0.25, 0.3) is 22.4 Å². The predicted octanol–water partition coefficient (Wildman–Crippen LogP) is 5.45. The van der Waals surface area contributed by atoms with Crippen molar-refractivity contribution in [2.75, 3.05) is 6.61 Å². The van der Waals surface area contributed by atoms with Gasteiger partial charge in [-0.15, -0.1) is 0 Å². The Balaban J connectivity index is 1.60. The third-order valence-corrected chi connectivity index (χ3v) is 5.45. The summed E-state index contributed by atoms with van der Waals surface area (Å²) in [5, 5.41) is 8.96. The van der Waals surface area contributed by atoms with E-state index in [0.29, 0.717) is 23.8 Å². The first kappa shape index (κ1) is 24.1. The van der Waals surface area contributed by atoms with Crippen LogP contribution >= 0.6 is 0 Å². The van der Waals surface area contributed by atoms with Gasteiger partial charge in [0, 0.05) is 24.7 Å². The molecule has 10 heteroatoms. The second kappa shape index (κ2) is 9.65. The van der Waals surface area contributed by atoms with Gasteiger partial charge in [0.1, 0.15) is 11.5 Å². The molecule has 35 heavy (non-hydrogen) atoms. The van der Waals surface area contributed by atoms with Crippen LogP contribution in [0, 0.1) is 6.92 Å². The quantitative estimate of drug-likeness (QED) is 0.317. The summed E-state index contributed by atoms with van der Waals surface area (Å²) in [5.41, 5.74) is 1.14. The molecule has 1 N–H and O–H groups in total. The molecule has 0 amide bonds. The van der Waals surface area contributed by atoms with E-state index in [9.17, 15) is 22.8 Å². The van der Waals surface area contributed by atoms with E-state index in [1.807, 2.05) is 30.3 Å². The minimum atomic E-state index is -5.09. The van der Waals surface area contributed by atoms with Crippen LogP contribution < -0.4 is 4.74 Å². The highest BCUT2D eigenvalue weighted by atomic mass is 19.4. The van der Waals surface area contributed by atoms with Crippen molar-refractivity contribution < 1.29 is 37.0 Å². The maximum atomic E-state index is 13.3. The van der Waals surface area contributed by atoms with E-state index in [2.05, 4.69) is 4.98 Å². The highest BCUT2D eigenvalue weighted by Crippen LogP contribution is 2.35. The summed E-state index contributed by atoms with van der Waals surface area (Å²) >= 11 is 0. The Kier molecular flexibility index (Phi) is 6.63. The Hall–Kier alpha value is -4.08. The Morgan fingerprint density at radius 2 is 1.86 bits per heavy atom. The number of hydrogen-bond donors (Lipinski definition) is 1. The number of halogens is 3. The number of nitrogens with zero attached hydrogens (tertiary/aromatic N) is 2. The molecule has 0 saturated heterocycles. The third kappa shape index (κ3) is 5.21. The van der Waals surface area contributed by atoms with E-state index in [0.717, 1.165) is 11.8 Å². The molecule has 0 aliphatic carbocycles. The lowest BCUT2D eigenvalue weighted by atomic mass is 10.1. The van der Waals surface area contributed by atoms with Crippen molar-refractivity contribution in [2.45, 2.75) is 32.5 Å². The van der Waals surface area contributed by atoms with E-state index in [1.165, 1.54) is 16.7 Å². The molecule has 0 atom stereocenters. The molecule has 0 radical (unpaired) electrons. The monoisotopic (exact) mass is 486 g/mol. The summed E-state index contributed by atoms with van der Waals surface area (Å²) in [6.07, 6.45) is -4.06. The van der Waals surface area contributed by atoms with Crippen molar-refractivity contribution in [1.29, 1.82) is 0 Å². The zero-order valence-corrected chi connectivity index (χ0v) is 18.6. The molecule has 4 rings (SSSR count). The number of benzene rings is 2. The number of Topliss-reactive ketones (excluding diaryl/α,β-unsaturated/α-hetero) is 1. The van der Waals surface area contributed by atoms with Gasteiger partial charge in [0.25, 0.3) is 5.78 Å². The van der Waals surface area contributed by atoms with Crippen LogP contribution in [-0.2, 0) is 17.8 Å². The largest absolute Gasteiger partial charge is 0.492 e. The Bertz CT molecular complexity index is 1370. The van der Waals surface area contributed by atoms with Crippen molar-refractivity contribution in [3.63, 3.8) is 0 Å². The highest BCUT2D eigenvalue weighted by Gasteiger charge is 2.41. The summed E-state index contributed by atoms with van der Waals surface area (Å²) < 4.78 is 52.6. The second-order valence-corrected chi connectivity index (χ2v) is 7.84. The number of ether oxygens (including phenoxy) is 1. The fraction of sp³-hybridized carbons (Fsp3) is 0.240. The molecular formula is C25H21F3N2O5. The van der Waals surface area contributed by atoms with Gasteiger partial charge >= 0.3 is 12.1 Å². The van der Waals surface area contributed by atoms with E-state index >= 15 is 0 Å². The van der Waals surface area contributed by atoms with Crippen LogP contribution in [0.15, 0.2) is 59.1 Å². The Morgan fingerprint density at radius 1 is 1.11 bits per heavy atom. The lowest BCUT2D eigenvalue weighted by Crippen LogP contribution is -2.22. The number of fused-ring (bicyclic) bond motifs is 1. The summed E-state index contributed by atoms with van der Waals surface area (Å²) in [6.45, 7) is 1.74. The minimum Gasteiger partial charge on any atom is -0.492 e. The number of aliphatic carboxylic acids is 1. The van der Waals surface area contributed by atoms with Gasteiger partial charge in [-0.25, -0.2) is 4.98 Å². The first-order chi connectivity index (χ1) is 16.6. The van der Waals surface area contributed by atoms with Crippen molar-refractivity contribution >= 4 is 22.7 Å². The lowest BCUT2D eigenvalue weighted by Gasteiger charge is -2.10. The molecule has 4 aromatic rings. The number of oxazole rings is 1. The molecule has 2 aromatic heterocycles. The van der Waals surface area contributed by atoms with Crippen molar-refractivity contribution in [3.05, 3.63) is 71.7 Å². The van der Waals surface area contributed by atoms with Gasteiger partial charge in [0.2, 0.25) is 5.89 Å². The Morgan fingerprint density at radius 3 is 2.54 bits per heavy atom. The zero-order valence-electron chi connectivity index (χ0n) is 18.6. The van der Waals surface area contributed by atoms with Gasteiger partial charge < -0.3 is 18.8 Å². The number of alkyl halides is 3. The van der Waals surface area contributed by atoms with Crippen LogP contribution in [0.4, 0.5) is 13.2 Å². The van der Waals surface area contributed by atoms with Crippen LogP contribution in [-0.4, -0.2) is 39.2 Å². The van der Waals surface area contributed by atoms with E-state index in [4.69, 9.17) is 14.3 Å². The normalized spacial score (nSPS) is 11.7. The van der Waals surface area contributed by atoms with Crippen LogP contribution in [0.3, 0.4) is 0 Å². The molecule has 0 bridgehead atoms. The molecule has 0 unspecified atom stereocenters. The topological polar surface area (TPSA) is 94.6 Å². The fourth-order valence-corrected chi connectivity index (χ4v) is 3.79. The van der Waals surface area contributed by atoms with Crippen molar-refractivity contribution in [3.8, 4) is 17.2 Å². The average molecular weight is 486 g/mol. The molecule has 0 aliphatic heterocycles. The van der Waals surface area contributed by atoms with Gasteiger partial charge in [0.15, 0.2) is 0 Å². The number of carboxylic acids is 1. The number of aryl methyl sites for hydroxylation is 2. The number of carboxylic acid groups (broad SMARTS) is 1.